The Morgan fingerprint density at radius 1 is 1.33 bits per heavy atom. The smallest absolute Gasteiger partial charge is 0.242 e. The van der Waals surface area contributed by atoms with E-state index in [1.807, 2.05) is 0 Å². The van der Waals surface area contributed by atoms with E-state index in [2.05, 4.69) is 17.6 Å². The van der Waals surface area contributed by atoms with Gasteiger partial charge >= 0.3 is 0 Å². The molecule has 2 N–H and O–H groups in total. The van der Waals surface area contributed by atoms with Crippen molar-refractivity contribution in [2.45, 2.75) is 31.1 Å². The number of anilines is 1. The number of piperidine rings is 1. The fourth-order valence-electron chi connectivity index (χ4n) is 3.03. The van der Waals surface area contributed by atoms with Gasteiger partial charge in [0.2, 0.25) is 15.9 Å². The van der Waals surface area contributed by atoms with E-state index in [4.69, 9.17) is 0 Å². The van der Waals surface area contributed by atoms with Crippen LogP contribution in [0.15, 0.2) is 29.2 Å². The molecule has 134 valence electrons. The molecule has 1 amide bonds. The van der Waals surface area contributed by atoms with Gasteiger partial charge in [0, 0.05) is 26.2 Å². The first kappa shape index (κ1) is 18.9. The van der Waals surface area contributed by atoms with Crippen LogP contribution in [-0.4, -0.2) is 45.8 Å². The zero-order valence-corrected chi connectivity index (χ0v) is 15.4. The first-order chi connectivity index (χ1) is 11.3. The summed E-state index contributed by atoms with van der Waals surface area (Å²) in [5.74, 6) is 0.818. The zero-order chi connectivity index (χ0) is 17.7. The van der Waals surface area contributed by atoms with Crippen LogP contribution in [0.2, 0.25) is 0 Å². The number of nitrogens with zero attached hydrogens (tertiary/aromatic N) is 1. The van der Waals surface area contributed by atoms with Crippen LogP contribution in [0.25, 0.3) is 0 Å². The lowest BCUT2D eigenvalue weighted by Gasteiger charge is -2.27. The molecule has 1 fully saturated rings. The SMILES string of the molecule is CC(CC(=O)Nc1cccc(S(=O)(=O)N(C)C)c1)C1CCNCC1. The zero-order valence-electron chi connectivity index (χ0n) is 14.6. The summed E-state index contributed by atoms with van der Waals surface area (Å²) >= 11 is 0. The van der Waals surface area contributed by atoms with Crippen molar-refractivity contribution in [3.05, 3.63) is 24.3 Å². The minimum Gasteiger partial charge on any atom is -0.326 e. The van der Waals surface area contributed by atoms with Gasteiger partial charge in [-0.1, -0.05) is 13.0 Å². The second kappa shape index (κ2) is 8.09. The van der Waals surface area contributed by atoms with Gasteiger partial charge in [-0.2, -0.15) is 0 Å². The fourth-order valence-corrected chi connectivity index (χ4v) is 3.98. The van der Waals surface area contributed by atoms with Crippen molar-refractivity contribution in [3.8, 4) is 0 Å². The number of benzene rings is 1. The minimum absolute atomic E-state index is 0.0690. The van der Waals surface area contributed by atoms with Crippen molar-refractivity contribution in [1.29, 1.82) is 0 Å². The molecule has 0 bridgehead atoms. The minimum atomic E-state index is -3.50. The normalized spacial score (nSPS) is 17.7. The Kier molecular flexibility index (Phi) is 6.37. The maximum absolute atomic E-state index is 12.3. The molecule has 24 heavy (non-hydrogen) atoms. The Morgan fingerprint density at radius 3 is 2.62 bits per heavy atom. The van der Waals surface area contributed by atoms with E-state index in [0.29, 0.717) is 23.9 Å². The molecule has 0 aromatic heterocycles. The van der Waals surface area contributed by atoms with Crippen LogP contribution < -0.4 is 10.6 Å². The second-order valence-corrected chi connectivity index (χ2v) is 8.78. The third-order valence-corrected chi connectivity index (χ3v) is 6.40. The van der Waals surface area contributed by atoms with E-state index in [0.717, 1.165) is 30.2 Å². The molecule has 1 unspecified atom stereocenters. The standard InChI is InChI=1S/C17H27N3O3S/c1-13(14-7-9-18-10-8-14)11-17(21)19-15-5-4-6-16(12-15)24(22,23)20(2)3/h4-6,12-14,18H,7-11H2,1-3H3,(H,19,21). The molecule has 1 heterocycles. The van der Waals surface area contributed by atoms with E-state index < -0.39 is 10.0 Å². The number of amides is 1. The average Bonchev–Trinajstić information content (AvgIpc) is 2.55. The fraction of sp³-hybridized carbons (Fsp3) is 0.588. The molecule has 7 heteroatoms. The number of carbonyl (C=O) groups is 1. The van der Waals surface area contributed by atoms with Gasteiger partial charge in [0.05, 0.1) is 4.90 Å². The Hall–Kier alpha value is -1.44. The number of hydrogen-bond acceptors (Lipinski definition) is 4. The molecule has 1 aromatic rings. The van der Waals surface area contributed by atoms with Gasteiger partial charge in [-0.25, -0.2) is 12.7 Å². The highest BCUT2D eigenvalue weighted by Crippen LogP contribution is 2.25. The summed E-state index contributed by atoms with van der Waals surface area (Å²) in [4.78, 5) is 12.5. The summed E-state index contributed by atoms with van der Waals surface area (Å²) < 4.78 is 25.5. The summed E-state index contributed by atoms with van der Waals surface area (Å²) in [6, 6.07) is 6.38. The number of sulfonamides is 1. The van der Waals surface area contributed by atoms with Crippen molar-refractivity contribution >= 4 is 21.6 Å². The molecular formula is C17H27N3O3S. The highest BCUT2D eigenvalue weighted by molar-refractivity contribution is 7.89. The van der Waals surface area contributed by atoms with Gasteiger partial charge < -0.3 is 10.6 Å². The van der Waals surface area contributed by atoms with E-state index in [1.165, 1.54) is 26.2 Å². The van der Waals surface area contributed by atoms with Gasteiger partial charge in [-0.05, 0) is 56.0 Å². The molecule has 0 saturated carbocycles. The van der Waals surface area contributed by atoms with Gasteiger partial charge in [-0.15, -0.1) is 0 Å². The second-order valence-electron chi connectivity index (χ2n) is 6.63. The van der Waals surface area contributed by atoms with Gasteiger partial charge in [0.1, 0.15) is 0 Å². The van der Waals surface area contributed by atoms with Crippen LogP contribution in [0.1, 0.15) is 26.2 Å². The summed E-state index contributed by atoms with van der Waals surface area (Å²) in [7, 11) is -0.525. The molecule has 1 aromatic carbocycles. The van der Waals surface area contributed by atoms with E-state index >= 15 is 0 Å². The summed E-state index contributed by atoms with van der Waals surface area (Å²) in [5, 5.41) is 6.16. The van der Waals surface area contributed by atoms with E-state index in [9.17, 15) is 13.2 Å². The summed E-state index contributed by atoms with van der Waals surface area (Å²) in [5.41, 5.74) is 0.514. The highest BCUT2D eigenvalue weighted by Gasteiger charge is 2.22. The summed E-state index contributed by atoms with van der Waals surface area (Å²) in [6.45, 7) is 4.14. The molecule has 1 atom stereocenters. The lowest BCUT2D eigenvalue weighted by atomic mass is 9.84. The average molecular weight is 353 g/mol. The number of rotatable bonds is 6. The molecule has 1 saturated heterocycles. The first-order valence-electron chi connectivity index (χ1n) is 8.34. The van der Waals surface area contributed by atoms with Crippen molar-refractivity contribution in [1.82, 2.24) is 9.62 Å². The number of nitrogens with one attached hydrogen (secondary N) is 2. The molecule has 2 rings (SSSR count). The lowest BCUT2D eigenvalue weighted by Crippen LogP contribution is -2.32. The predicted molar refractivity (Wildman–Crippen MR) is 95.3 cm³/mol. The highest BCUT2D eigenvalue weighted by atomic mass is 32.2. The van der Waals surface area contributed by atoms with Crippen molar-refractivity contribution in [3.63, 3.8) is 0 Å². The predicted octanol–water partition coefficient (Wildman–Crippen LogP) is 1.90. The van der Waals surface area contributed by atoms with Crippen LogP contribution in [0.5, 0.6) is 0 Å². The Bertz CT molecular complexity index is 667. The van der Waals surface area contributed by atoms with Crippen LogP contribution in [0.4, 0.5) is 5.69 Å². The van der Waals surface area contributed by atoms with Crippen LogP contribution in [-0.2, 0) is 14.8 Å². The maximum Gasteiger partial charge on any atom is 0.242 e. The topological polar surface area (TPSA) is 78.5 Å². The van der Waals surface area contributed by atoms with E-state index in [-0.39, 0.29) is 10.8 Å². The molecular weight excluding hydrogens is 326 g/mol. The van der Waals surface area contributed by atoms with Crippen molar-refractivity contribution < 1.29 is 13.2 Å². The van der Waals surface area contributed by atoms with Gasteiger partial charge in [-0.3, -0.25) is 4.79 Å². The van der Waals surface area contributed by atoms with E-state index in [1.54, 1.807) is 12.1 Å². The third-order valence-electron chi connectivity index (χ3n) is 4.59. The van der Waals surface area contributed by atoms with Gasteiger partial charge in [0.15, 0.2) is 0 Å². The van der Waals surface area contributed by atoms with Crippen LogP contribution >= 0.6 is 0 Å². The molecule has 1 aliphatic heterocycles. The third kappa shape index (κ3) is 4.78. The molecule has 0 aliphatic carbocycles. The quantitative estimate of drug-likeness (QED) is 0.819. The van der Waals surface area contributed by atoms with Crippen molar-refractivity contribution in [2.24, 2.45) is 11.8 Å². The van der Waals surface area contributed by atoms with Crippen LogP contribution in [0.3, 0.4) is 0 Å². The Labute approximate surface area is 144 Å². The lowest BCUT2D eigenvalue weighted by molar-refractivity contribution is -0.117. The molecule has 0 radical (unpaired) electrons. The number of hydrogen-bond donors (Lipinski definition) is 2. The number of carbonyl (C=O) groups excluding carboxylic acids is 1. The molecule has 6 nitrogen and oxygen atoms in total. The van der Waals surface area contributed by atoms with Crippen molar-refractivity contribution in [2.75, 3.05) is 32.5 Å². The molecule has 1 aliphatic rings. The summed E-state index contributed by atoms with van der Waals surface area (Å²) in [6.07, 6.45) is 2.66. The maximum atomic E-state index is 12.3. The molecule has 0 spiro atoms. The Morgan fingerprint density at radius 2 is 2.00 bits per heavy atom. The first-order valence-corrected chi connectivity index (χ1v) is 9.78. The van der Waals surface area contributed by atoms with Crippen LogP contribution in [0, 0.1) is 11.8 Å². The Balaban J connectivity index is 1.99. The van der Waals surface area contributed by atoms with Gasteiger partial charge in [0.25, 0.3) is 0 Å². The largest absolute Gasteiger partial charge is 0.326 e. The monoisotopic (exact) mass is 353 g/mol.